The molecule has 0 atom stereocenters. The first-order valence-electron chi connectivity index (χ1n) is 8.17. The second kappa shape index (κ2) is 10.1. The summed E-state index contributed by atoms with van der Waals surface area (Å²) < 4.78 is 5.20. The van der Waals surface area contributed by atoms with Crippen molar-refractivity contribution in [2.24, 2.45) is 5.10 Å². The molecule has 0 bridgehead atoms. The van der Waals surface area contributed by atoms with Gasteiger partial charge in [-0.05, 0) is 36.8 Å². The van der Waals surface area contributed by atoms with E-state index in [9.17, 15) is 9.59 Å². The predicted octanol–water partition coefficient (Wildman–Crippen LogP) is 3.02. The lowest BCUT2D eigenvalue weighted by Gasteiger charge is -2.05. The predicted molar refractivity (Wildman–Crippen MR) is 107 cm³/mol. The van der Waals surface area contributed by atoms with Crippen LogP contribution in [0, 0.1) is 0 Å². The van der Waals surface area contributed by atoms with Crippen molar-refractivity contribution in [3.05, 3.63) is 70.8 Å². The Labute approximate surface area is 162 Å². The van der Waals surface area contributed by atoms with E-state index in [4.69, 9.17) is 16.3 Å². The summed E-state index contributed by atoms with van der Waals surface area (Å²) in [4.78, 5) is 23.7. The highest BCUT2D eigenvalue weighted by Gasteiger charge is 2.04. The van der Waals surface area contributed by atoms with Gasteiger partial charge in [0.2, 0.25) is 5.91 Å². The van der Waals surface area contributed by atoms with E-state index in [1.54, 1.807) is 50.4 Å². The molecule has 7 heteroatoms. The van der Waals surface area contributed by atoms with E-state index in [-0.39, 0.29) is 6.54 Å². The molecule has 0 saturated carbocycles. The number of hydrazone groups is 1. The zero-order chi connectivity index (χ0) is 19.6. The van der Waals surface area contributed by atoms with Gasteiger partial charge in [0.25, 0.3) is 5.91 Å². The number of hydrogen-bond donors (Lipinski definition) is 2. The molecule has 0 saturated heterocycles. The van der Waals surface area contributed by atoms with Crippen LogP contribution in [-0.2, 0) is 9.59 Å². The minimum absolute atomic E-state index is 0.188. The number of methoxy groups -OCH3 is 1. The molecule has 2 N–H and O–H groups in total. The van der Waals surface area contributed by atoms with Gasteiger partial charge in [-0.1, -0.05) is 41.9 Å². The van der Waals surface area contributed by atoms with Crippen LogP contribution in [0.1, 0.15) is 18.1 Å². The third-order valence-electron chi connectivity index (χ3n) is 3.59. The van der Waals surface area contributed by atoms with Crippen LogP contribution < -0.4 is 15.5 Å². The van der Waals surface area contributed by atoms with Crippen molar-refractivity contribution >= 4 is 35.2 Å². The maximum absolute atomic E-state index is 11.8. The molecule has 0 aliphatic carbocycles. The quantitative estimate of drug-likeness (QED) is 0.437. The maximum atomic E-state index is 11.8. The highest BCUT2D eigenvalue weighted by Crippen LogP contribution is 2.18. The van der Waals surface area contributed by atoms with Crippen LogP contribution in [-0.4, -0.2) is 31.2 Å². The highest BCUT2D eigenvalue weighted by atomic mass is 35.5. The van der Waals surface area contributed by atoms with Crippen molar-refractivity contribution in [1.82, 2.24) is 10.7 Å². The Morgan fingerprint density at radius 3 is 2.56 bits per heavy atom. The highest BCUT2D eigenvalue weighted by molar-refractivity contribution is 6.30. The lowest BCUT2D eigenvalue weighted by molar-refractivity contribution is -0.123. The van der Waals surface area contributed by atoms with E-state index in [0.717, 1.165) is 11.1 Å². The van der Waals surface area contributed by atoms with E-state index in [2.05, 4.69) is 15.8 Å². The molecule has 0 spiro atoms. The second-order valence-electron chi connectivity index (χ2n) is 5.53. The molecule has 2 amide bonds. The number of para-hydroxylation sites is 1. The van der Waals surface area contributed by atoms with Gasteiger partial charge in [-0.3, -0.25) is 9.59 Å². The van der Waals surface area contributed by atoms with Crippen LogP contribution >= 0.6 is 11.6 Å². The number of hydrogen-bond acceptors (Lipinski definition) is 4. The van der Waals surface area contributed by atoms with Crippen LogP contribution in [0.3, 0.4) is 0 Å². The van der Waals surface area contributed by atoms with Crippen LogP contribution in [0.4, 0.5) is 0 Å². The van der Waals surface area contributed by atoms with Crippen molar-refractivity contribution in [2.45, 2.75) is 6.92 Å². The van der Waals surface area contributed by atoms with Gasteiger partial charge in [-0.15, -0.1) is 0 Å². The lowest BCUT2D eigenvalue weighted by atomic mass is 10.1. The molecule has 0 aromatic heterocycles. The number of nitrogens with zero attached hydrogens (tertiary/aromatic N) is 1. The van der Waals surface area contributed by atoms with E-state index < -0.39 is 11.8 Å². The Hall–Kier alpha value is -3.12. The molecular formula is C20H20ClN3O3. The van der Waals surface area contributed by atoms with Gasteiger partial charge < -0.3 is 10.1 Å². The first-order chi connectivity index (χ1) is 13.0. The summed E-state index contributed by atoms with van der Waals surface area (Å²) in [6.07, 6.45) is 2.96. The molecule has 140 valence electrons. The molecule has 0 aliphatic heterocycles. The molecule has 27 heavy (non-hydrogen) atoms. The minimum Gasteiger partial charge on any atom is -0.496 e. The Balaban J connectivity index is 1.82. The van der Waals surface area contributed by atoms with Crippen molar-refractivity contribution in [3.63, 3.8) is 0 Å². The van der Waals surface area contributed by atoms with Crippen molar-refractivity contribution in [2.75, 3.05) is 13.7 Å². The Kier molecular flexibility index (Phi) is 7.58. The molecule has 6 nitrogen and oxygen atoms in total. The van der Waals surface area contributed by atoms with Gasteiger partial charge in [0.1, 0.15) is 5.75 Å². The van der Waals surface area contributed by atoms with E-state index in [1.807, 2.05) is 18.2 Å². The molecule has 2 aromatic rings. The fourth-order valence-electron chi connectivity index (χ4n) is 2.14. The summed E-state index contributed by atoms with van der Waals surface area (Å²) in [5.74, 6) is -0.164. The molecule has 0 fully saturated rings. The number of amides is 2. The zero-order valence-corrected chi connectivity index (χ0v) is 15.8. The molecule has 2 rings (SSSR count). The van der Waals surface area contributed by atoms with Crippen molar-refractivity contribution in [1.29, 1.82) is 0 Å². The molecule has 0 radical (unpaired) electrons. The van der Waals surface area contributed by atoms with Crippen LogP contribution in [0.2, 0.25) is 5.02 Å². The molecule has 0 unspecified atom stereocenters. The SMILES string of the molecule is COc1ccccc1/C=C/C(=O)NCC(=O)N/N=C(/C)c1ccc(Cl)cc1. The molecule has 0 heterocycles. The van der Waals surface area contributed by atoms with E-state index in [0.29, 0.717) is 16.5 Å². The molecular weight excluding hydrogens is 366 g/mol. The van der Waals surface area contributed by atoms with Gasteiger partial charge in [0.15, 0.2) is 0 Å². The molecule has 0 aliphatic rings. The van der Waals surface area contributed by atoms with E-state index >= 15 is 0 Å². The summed E-state index contributed by atoms with van der Waals surface area (Å²) in [6, 6.07) is 14.4. The Morgan fingerprint density at radius 2 is 1.85 bits per heavy atom. The van der Waals surface area contributed by atoms with Crippen molar-refractivity contribution < 1.29 is 14.3 Å². The van der Waals surface area contributed by atoms with Crippen LogP contribution in [0.25, 0.3) is 6.08 Å². The normalized spacial score (nSPS) is 11.3. The number of benzene rings is 2. The number of carbonyl (C=O) groups excluding carboxylic acids is 2. The fourth-order valence-corrected chi connectivity index (χ4v) is 2.26. The lowest BCUT2D eigenvalue weighted by Crippen LogP contribution is -2.34. The van der Waals surface area contributed by atoms with Crippen LogP contribution in [0.15, 0.2) is 59.7 Å². The van der Waals surface area contributed by atoms with Crippen molar-refractivity contribution in [3.8, 4) is 5.75 Å². The molecule has 2 aromatic carbocycles. The third-order valence-corrected chi connectivity index (χ3v) is 3.84. The number of rotatable bonds is 7. The summed E-state index contributed by atoms with van der Waals surface area (Å²) >= 11 is 5.83. The average molecular weight is 386 g/mol. The number of halogens is 1. The topological polar surface area (TPSA) is 79.8 Å². The zero-order valence-electron chi connectivity index (χ0n) is 15.0. The van der Waals surface area contributed by atoms with Gasteiger partial charge in [0.05, 0.1) is 19.4 Å². The number of ether oxygens (including phenoxy) is 1. The number of nitrogens with one attached hydrogen (secondary N) is 2. The summed E-state index contributed by atoms with van der Waals surface area (Å²) in [7, 11) is 1.56. The Bertz CT molecular complexity index is 861. The van der Waals surface area contributed by atoms with E-state index in [1.165, 1.54) is 6.08 Å². The second-order valence-corrected chi connectivity index (χ2v) is 5.97. The van der Waals surface area contributed by atoms with Gasteiger partial charge >= 0.3 is 0 Å². The smallest absolute Gasteiger partial charge is 0.259 e. The summed E-state index contributed by atoms with van der Waals surface area (Å²) in [5, 5.41) is 7.13. The average Bonchev–Trinajstić information content (AvgIpc) is 2.69. The van der Waals surface area contributed by atoms with Gasteiger partial charge in [0, 0.05) is 16.7 Å². The maximum Gasteiger partial charge on any atom is 0.259 e. The van der Waals surface area contributed by atoms with Gasteiger partial charge in [-0.25, -0.2) is 5.43 Å². The Morgan fingerprint density at radius 1 is 1.15 bits per heavy atom. The monoisotopic (exact) mass is 385 g/mol. The van der Waals surface area contributed by atoms with Crippen LogP contribution in [0.5, 0.6) is 5.75 Å². The first-order valence-corrected chi connectivity index (χ1v) is 8.55. The fraction of sp³-hybridized carbons (Fsp3) is 0.150. The first kappa shape index (κ1) is 20.2. The van der Waals surface area contributed by atoms with Gasteiger partial charge in [-0.2, -0.15) is 5.10 Å². The number of carbonyl (C=O) groups is 2. The minimum atomic E-state index is -0.428. The third kappa shape index (κ3) is 6.60. The summed E-state index contributed by atoms with van der Waals surface area (Å²) in [5.41, 5.74) is 4.63. The summed E-state index contributed by atoms with van der Waals surface area (Å²) in [6.45, 7) is 1.57. The standard InChI is InChI=1S/C20H20ClN3O3/c1-14(15-7-10-17(21)11-8-15)23-24-20(26)13-22-19(25)12-9-16-5-3-4-6-18(16)27-2/h3-12H,13H2,1-2H3,(H,22,25)(H,24,26)/b12-9+,23-14-. The largest absolute Gasteiger partial charge is 0.496 e.